The Bertz CT molecular complexity index is 810. The van der Waals surface area contributed by atoms with Crippen LogP contribution in [0.25, 0.3) is 0 Å². The van der Waals surface area contributed by atoms with E-state index in [1.165, 1.54) is 0 Å². The minimum atomic E-state index is -7.88. The second-order valence-electron chi connectivity index (χ2n) is 10.00. The van der Waals surface area contributed by atoms with Crippen LogP contribution in [0.15, 0.2) is 0 Å². The fourth-order valence-corrected chi connectivity index (χ4v) is 4.05. The summed E-state index contributed by atoms with van der Waals surface area (Å²) in [6, 6.07) is 0. The molecule has 0 unspecified atom stereocenters. The Morgan fingerprint density at radius 3 is 1.40 bits per heavy atom. The third-order valence-electron chi connectivity index (χ3n) is 6.76. The summed E-state index contributed by atoms with van der Waals surface area (Å²) in [6.07, 6.45) is -14.6. The van der Waals surface area contributed by atoms with E-state index in [4.69, 9.17) is 14.6 Å². The van der Waals surface area contributed by atoms with Crippen molar-refractivity contribution in [3.8, 4) is 0 Å². The fourth-order valence-electron chi connectivity index (χ4n) is 4.05. The summed E-state index contributed by atoms with van der Waals surface area (Å²) >= 11 is 0. The maximum absolute atomic E-state index is 13.7. The molecule has 1 fully saturated rings. The number of aliphatic hydroxyl groups excluding tert-OH is 4. The molecule has 0 amide bonds. The van der Waals surface area contributed by atoms with Crippen molar-refractivity contribution in [1.82, 2.24) is 0 Å². The van der Waals surface area contributed by atoms with Crippen molar-refractivity contribution < 1.29 is 87.0 Å². The first-order valence-corrected chi connectivity index (χ1v) is 12.9. The summed E-state index contributed by atoms with van der Waals surface area (Å²) in [5.41, 5.74) is 0. The first-order chi connectivity index (χ1) is 19.0. The van der Waals surface area contributed by atoms with Gasteiger partial charge in [-0.2, -0.15) is 57.1 Å². The third kappa shape index (κ3) is 8.31. The van der Waals surface area contributed by atoms with Crippen molar-refractivity contribution in [2.75, 3.05) is 13.2 Å². The summed E-state index contributed by atoms with van der Waals surface area (Å²) in [6.45, 7) is -0.540. The molecule has 42 heavy (non-hydrogen) atoms. The summed E-state index contributed by atoms with van der Waals surface area (Å²) < 4.78 is 181. The smallest absolute Gasteiger partial charge is 0.394 e. The van der Waals surface area contributed by atoms with Gasteiger partial charge in [0.25, 0.3) is 0 Å². The summed E-state index contributed by atoms with van der Waals surface area (Å²) in [5.74, 6) is -36.6. The van der Waals surface area contributed by atoms with E-state index in [1.54, 1.807) is 0 Å². The van der Waals surface area contributed by atoms with Gasteiger partial charge in [0.1, 0.15) is 24.4 Å². The van der Waals surface area contributed by atoms with Crippen LogP contribution < -0.4 is 0 Å². The molecule has 19 heteroatoms. The molecule has 5 atom stereocenters. The van der Waals surface area contributed by atoms with Crippen molar-refractivity contribution in [3.63, 3.8) is 0 Å². The van der Waals surface area contributed by atoms with E-state index >= 15 is 0 Å². The number of hydrogen-bond acceptors (Lipinski definition) is 6. The number of halogens is 13. The molecule has 1 aliphatic heterocycles. The van der Waals surface area contributed by atoms with Crippen molar-refractivity contribution in [3.05, 3.63) is 0 Å². The molecule has 0 aromatic rings. The molecule has 0 aromatic heterocycles. The predicted molar refractivity (Wildman–Crippen MR) is 117 cm³/mol. The molecule has 0 spiro atoms. The van der Waals surface area contributed by atoms with Crippen LogP contribution in [0.1, 0.15) is 64.2 Å². The topological polar surface area (TPSA) is 99.4 Å². The lowest BCUT2D eigenvalue weighted by Crippen LogP contribution is -2.70. The van der Waals surface area contributed by atoms with Crippen LogP contribution >= 0.6 is 0 Å². The van der Waals surface area contributed by atoms with Crippen LogP contribution in [-0.2, 0) is 9.47 Å². The van der Waals surface area contributed by atoms with E-state index in [0.717, 1.165) is 0 Å². The van der Waals surface area contributed by atoms with Gasteiger partial charge >= 0.3 is 35.8 Å². The van der Waals surface area contributed by atoms with Crippen LogP contribution in [0.2, 0.25) is 0 Å². The minimum Gasteiger partial charge on any atom is -0.394 e. The van der Waals surface area contributed by atoms with Gasteiger partial charge in [0.2, 0.25) is 0 Å². The molecule has 0 bridgehead atoms. The Morgan fingerprint density at radius 2 is 0.952 bits per heavy atom. The van der Waals surface area contributed by atoms with Crippen molar-refractivity contribution >= 4 is 0 Å². The maximum atomic E-state index is 13.7. The lowest BCUT2D eigenvalue weighted by atomic mass is 9.91. The van der Waals surface area contributed by atoms with E-state index in [9.17, 15) is 72.4 Å². The predicted octanol–water partition coefficient (Wildman–Crippen LogP) is 5.44. The molecule has 0 saturated carbocycles. The Balaban J connectivity index is 2.35. The molecule has 0 aromatic carbocycles. The monoisotopic (exact) mass is 652 g/mol. The highest BCUT2D eigenvalue weighted by Crippen LogP contribution is 2.60. The molecule has 1 aliphatic rings. The molecule has 4 N–H and O–H groups in total. The van der Waals surface area contributed by atoms with E-state index in [1.807, 2.05) is 0 Å². The van der Waals surface area contributed by atoms with Gasteiger partial charge in [-0.3, -0.25) is 0 Å². The Kier molecular flexibility index (Phi) is 13.7. The van der Waals surface area contributed by atoms with E-state index in [2.05, 4.69) is 0 Å². The third-order valence-corrected chi connectivity index (χ3v) is 6.76. The van der Waals surface area contributed by atoms with Crippen molar-refractivity contribution in [2.24, 2.45) is 0 Å². The first-order valence-electron chi connectivity index (χ1n) is 12.9. The van der Waals surface area contributed by atoms with Gasteiger partial charge in [-0.05, 0) is 12.8 Å². The molecule has 0 radical (unpaired) electrons. The quantitative estimate of drug-likeness (QED) is 0.116. The Morgan fingerprint density at radius 1 is 0.524 bits per heavy atom. The van der Waals surface area contributed by atoms with Crippen LogP contribution in [0.4, 0.5) is 57.1 Å². The highest BCUT2D eigenvalue weighted by molar-refractivity contribution is 5.10. The van der Waals surface area contributed by atoms with E-state index < -0.39 is 85.9 Å². The lowest BCUT2D eigenvalue weighted by Gasteiger charge is -2.39. The van der Waals surface area contributed by atoms with Gasteiger partial charge in [-0.15, -0.1) is 0 Å². The molecule has 252 valence electrons. The van der Waals surface area contributed by atoms with Gasteiger partial charge in [0, 0.05) is 13.0 Å². The SMILES string of the molecule is OC[C@H]1O[C@@H](OCCCCCCCCCCCC(F)(F)C(F)(F)C(F)(F)C(F)(F)C(F)(F)C(F)(F)F)[C@H](O)[C@@H](O)[C@@H]1O. The second-order valence-corrected chi connectivity index (χ2v) is 10.00. The Hall–Kier alpha value is -1.15. The number of aliphatic hydroxyl groups is 4. The largest absolute Gasteiger partial charge is 0.460 e. The lowest BCUT2D eigenvalue weighted by molar-refractivity contribution is -0.440. The molecular formula is C23H33F13O6. The van der Waals surface area contributed by atoms with Gasteiger partial charge in [0.05, 0.1) is 6.61 Å². The maximum Gasteiger partial charge on any atom is 0.460 e. The van der Waals surface area contributed by atoms with E-state index in [-0.39, 0.29) is 19.4 Å². The molecular weight excluding hydrogens is 619 g/mol. The second kappa shape index (κ2) is 14.8. The normalized spacial score (nSPS) is 25.2. The number of hydrogen-bond donors (Lipinski definition) is 4. The minimum absolute atomic E-state index is 0.0837. The molecule has 1 rings (SSSR count). The van der Waals surface area contributed by atoms with Crippen LogP contribution in [0.5, 0.6) is 0 Å². The van der Waals surface area contributed by atoms with Gasteiger partial charge in [-0.25, -0.2) is 0 Å². The van der Waals surface area contributed by atoms with Crippen LogP contribution in [0, 0.1) is 0 Å². The fraction of sp³-hybridized carbons (Fsp3) is 1.00. The zero-order chi connectivity index (χ0) is 32.8. The average Bonchev–Trinajstić information content (AvgIpc) is 2.87. The zero-order valence-corrected chi connectivity index (χ0v) is 21.9. The molecule has 1 heterocycles. The number of rotatable bonds is 18. The van der Waals surface area contributed by atoms with E-state index in [0.29, 0.717) is 38.5 Å². The van der Waals surface area contributed by atoms with Gasteiger partial charge in [-0.1, -0.05) is 44.9 Å². The van der Waals surface area contributed by atoms with Crippen LogP contribution in [-0.4, -0.2) is 100 Å². The first kappa shape index (κ1) is 38.9. The summed E-state index contributed by atoms with van der Waals surface area (Å²) in [4.78, 5) is 0. The van der Waals surface area contributed by atoms with Crippen LogP contribution in [0.3, 0.4) is 0 Å². The Labute approximate surface area is 231 Å². The zero-order valence-electron chi connectivity index (χ0n) is 21.9. The molecule has 6 nitrogen and oxygen atoms in total. The van der Waals surface area contributed by atoms with Gasteiger partial charge < -0.3 is 29.9 Å². The van der Waals surface area contributed by atoms with Gasteiger partial charge in [0.15, 0.2) is 6.29 Å². The number of alkyl halides is 13. The van der Waals surface area contributed by atoms with Crippen molar-refractivity contribution in [1.29, 1.82) is 0 Å². The molecule has 1 saturated heterocycles. The molecule has 0 aliphatic carbocycles. The average molecular weight is 652 g/mol. The number of ether oxygens (including phenoxy) is 2. The van der Waals surface area contributed by atoms with Crippen molar-refractivity contribution in [2.45, 2.75) is 131 Å². The summed E-state index contributed by atoms with van der Waals surface area (Å²) in [7, 11) is 0. The highest BCUT2D eigenvalue weighted by atomic mass is 19.4. The highest BCUT2D eigenvalue weighted by Gasteiger charge is 2.90. The summed E-state index contributed by atoms with van der Waals surface area (Å²) in [5, 5.41) is 38.3. The standard InChI is InChI=1S/C23H33F13O6/c24-18(25,19(26,27)20(28,29)21(30,31)22(32,33)23(34,35)36)10-8-6-4-2-1-3-5-7-9-11-41-17-16(40)15(39)14(38)13(12-37)42-17/h13-17,37-40H,1-12H2/t13-,14-,15+,16-,17-/m1/s1. The number of unbranched alkanes of at least 4 members (excludes halogenated alkanes) is 8.